The zero-order valence-electron chi connectivity index (χ0n) is 15.7. The molecule has 0 saturated carbocycles. The van der Waals surface area contributed by atoms with Crippen LogP contribution in [0.25, 0.3) is 0 Å². The lowest BCUT2D eigenvalue weighted by atomic mass is 10.1. The van der Waals surface area contributed by atoms with E-state index >= 15 is 0 Å². The number of nitrogens with one attached hydrogen (secondary N) is 1. The van der Waals surface area contributed by atoms with Crippen molar-refractivity contribution in [1.29, 1.82) is 5.26 Å². The van der Waals surface area contributed by atoms with E-state index in [1.807, 2.05) is 24.5 Å². The van der Waals surface area contributed by atoms with Gasteiger partial charge in [0.15, 0.2) is 11.5 Å². The Labute approximate surface area is 158 Å². The Balaban J connectivity index is 1.91. The van der Waals surface area contributed by atoms with E-state index in [4.69, 9.17) is 5.26 Å². The van der Waals surface area contributed by atoms with Gasteiger partial charge in [0.2, 0.25) is 0 Å². The summed E-state index contributed by atoms with van der Waals surface area (Å²) in [6.45, 7) is 5.77. The van der Waals surface area contributed by atoms with Crippen LogP contribution in [0, 0.1) is 11.3 Å². The Morgan fingerprint density at radius 3 is 2.56 bits per heavy atom. The smallest absolute Gasteiger partial charge is 0.289 e. The highest BCUT2D eigenvalue weighted by Crippen LogP contribution is 2.23. The van der Waals surface area contributed by atoms with E-state index in [1.165, 1.54) is 0 Å². The average Bonchev–Trinajstić information content (AvgIpc) is 3.09. The summed E-state index contributed by atoms with van der Waals surface area (Å²) in [4.78, 5) is 31.8. The third-order valence-corrected chi connectivity index (χ3v) is 4.85. The molecule has 3 rings (SSSR count). The van der Waals surface area contributed by atoms with Crippen LogP contribution in [0.1, 0.15) is 59.1 Å². The summed E-state index contributed by atoms with van der Waals surface area (Å²) in [6.07, 6.45) is 2.68. The number of aromatic nitrogens is 2. The fourth-order valence-electron chi connectivity index (χ4n) is 3.36. The van der Waals surface area contributed by atoms with Gasteiger partial charge in [0.1, 0.15) is 0 Å². The van der Waals surface area contributed by atoms with Crippen molar-refractivity contribution in [2.75, 3.05) is 18.4 Å². The first-order valence-electron chi connectivity index (χ1n) is 9.29. The van der Waals surface area contributed by atoms with E-state index < -0.39 is 0 Å². The molecule has 1 N–H and O–H groups in total. The molecule has 0 saturated heterocycles. The molecule has 0 unspecified atom stereocenters. The molecule has 1 aliphatic rings. The molecular formula is C20H23N5O2. The van der Waals surface area contributed by atoms with Crippen LogP contribution in [0.2, 0.25) is 0 Å². The number of nitriles is 1. The number of fused-ring (bicyclic) bond motifs is 1. The number of carbonyl (C=O) groups is 2. The van der Waals surface area contributed by atoms with Gasteiger partial charge < -0.3 is 14.8 Å². The highest BCUT2D eigenvalue weighted by molar-refractivity contribution is 6.05. The first-order chi connectivity index (χ1) is 13.1. The zero-order valence-corrected chi connectivity index (χ0v) is 15.7. The number of amides is 2. The van der Waals surface area contributed by atoms with E-state index in [0.717, 1.165) is 25.0 Å². The van der Waals surface area contributed by atoms with Gasteiger partial charge >= 0.3 is 0 Å². The standard InChI is InChI=1S/C20H23N5O2/c1-3-24(4-2)20(27)18-23-17(16-7-5-6-12-25(16)18)19(26)22-15-10-8-14(13-21)9-11-15/h8-11H,3-7,12H2,1-2H3,(H,22,26). The second-order valence-electron chi connectivity index (χ2n) is 6.46. The summed E-state index contributed by atoms with van der Waals surface area (Å²) in [5.41, 5.74) is 2.25. The summed E-state index contributed by atoms with van der Waals surface area (Å²) in [6, 6.07) is 8.70. The van der Waals surface area contributed by atoms with Crippen molar-refractivity contribution in [3.05, 3.63) is 47.0 Å². The van der Waals surface area contributed by atoms with Crippen molar-refractivity contribution < 1.29 is 9.59 Å². The Hall–Kier alpha value is -3.14. The minimum Gasteiger partial charge on any atom is -0.337 e. The fraction of sp³-hybridized carbons (Fsp3) is 0.400. The van der Waals surface area contributed by atoms with Gasteiger partial charge in [0.05, 0.1) is 17.3 Å². The molecule has 0 spiro atoms. The van der Waals surface area contributed by atoms with Gasteiger partial charge in [-0.2, -0.15) is 5.26 Å². The summed E-state index contributed by atoms with van der Waals surface area (Å²) in [5.74, 6) is -0.122. The number of hydrogen-bond acceptors (Lipinski definition) is 4. The highest BCUT2D eigenvalue weighted by Gasteiger charge is 2.29. The zero-order chi connectivity index (χ0) is 19.4. The molecule has 2 aromatic rings. The van der Waals surface area contributed by atoms with Crippen LogP contribution in [0.15, 0.2) is 24.3 Å². The topological polar surface area (TPSA) is 91.0 Å². The van der Waals surface area contributed by atoms with Crippen molar-refractivity contribution in [2.24, 2.45) is 0 Å². The normalized spacial score (nSPS) is 12.8. The number of hydrogen-bond donors (Lipinski definition) is 1. The monoisotopic (exact) mass is 365 g/mol. The van der Waals surface area contributed by atoms with Gasteiger partial charge in [0, 0.05) is 25.3 Å². The third-order valence-electron chi connectivity index (χ3n) is 4.85. The predicted octanol–water partition coefficient (Wildman–Crippen LogP) is 2.83. The van der Waals surface area contributed by atoms with E-state index in [0.29, 0.717) is 42.4 Å². The summed E-state index contributed by atoms with van der Waals surface area (Å²) in [7, 11) is 0. The molecule has 0 bridgehead atoms. The molecule has 1 aromatic carbocycles. The first-order valence-corrected chi connectivity index (χ1v) is 9.29. The summed E-state index contributed by atoms with van der Waals surface area (Å²) < 4.78 is 1.90. The Kier molecular flexibility index (Phi) is 5.55. The molecule has 0 aliphatic carbocycles. The lowest BCUT2D eigenvalue weighted by Crippen LogP contribution is -2.33. The van der Waals surface area contributed by atoms with Crippen LogP contribution in [-0.4, -0.2) is 39.4 Å². The minimum absolute atomic E-state index is 0.138. The van der Waals surface area contributed by atoms with Gasteiger partial charge in [-0.25, -0.2) is 4.98 Å². The molecule has 140 valence electrons. The number of carbonyl (C=O) groups excluding carboxylic acids is 2. The number of nitrogens with zero attached hydrogens (tertiary/aromatic N) is 4. The third kappa shape index (κ3) is 3.70. The second kappa shape index (κ2) is 8.04. The van der Waals surface area contributed by atoms with Gasteiger partial charge in [-0.05, 0) is 57.4 Å². The lowest BCUT2D eigenvalue weighted by Gasteiger charge is -2.21. The summed E-state index contributed by atoms with van der Waals surface area (Å²) >= 11 is 0. The largest absolute Gasteiger partial charge is 0.337 e. The number of anilines is 1. The van der Waals surface area contributed by atoms with Crippen LogP contribution in [0.3, 0.4) is 0 Å². The highest BCUT2D eigenvalue weighted by atomic mass is 16.2. The second-order valence-corrected chi connectivity index (χ2v) is 6.46. The average molecular weight is 365 g/mol. The van der Waals surface area contributed by atoms with Crippen LogP contribution in [-0.2, 0) is 13.0 Å². The Morgan fingerprint density at radius 1 is 1.22 bits per heavy atom. The Morgan fingerprint density at radius 2 is 1.93 bits per heavy atom. The van der Waals surface area contributed by atoms with E-state index in [9.17, 15) is 9.59 Å². The maximum absolute atomic E-state index is 12.8. The summed E-state index contributed by atoms with van der Waals surface area (Å²) in [5, 5.41) is 11.7. The van der Waals surface area contributed by atoms with Crippen LogP contribution in [0.4, 0.5) is 5.69 Å². The predicted molar refractivity (Wildman–Crippen MR) is 102 cm³/mol. The van der Waals surface area contributed by atoms with E-state index in [2.05, 4.69) is 10.3 Å². The molecule has 1 aromatic heterocycles. The van der Waals surface area contributed by atoms with Gasteiger partial charge in [-0.15, -0.1) is 0 Å². The SMILES string of the molecule is CCN(CC)C(=O)c1nc(C(=O)Nc2ccc(C#N)cc2)c2n1CCCC2. The molecule has 0 fully saturated rings. The van der Waals surface area contributed by atoms with Crippen molar-refractivity contribution in [3.8, 4) is 6.07 Å². The van der Waals surface area contributed by atoms with Crippen LogP contribution < -0.4 is 5.32 Å². The van der Waals surface area contributed by atoms with Crippen molar-refractivity contribution in [1.82, 2.24) is 14.5 Å². The van der Waals surface area contributed by atoms with Crippen molar-refractivity contribution in [3.63, 3.8) is 0 Å². The molecule has 27 heavy (non-hydrogen) atoms. The minimum atomic E-state index is -0.330. The molecule has 2 amide bonds. The molecule has 0 radical (unpaired) electrons. The molecular weight excluding hydrogens is 342 g/mol. The lowest BCUT2D eigenvalue weighted by molar-refractivity contribution is 0.0754. The fourth-order valence-corrected chi connectivity index (χ4v) is 3.36. The number of benzene rings is 1. The molecule has 2 heterocycles. The number of imidazole rings is 1. The molecule has 7 nitrogen and oxygen atoms in total. The van der Waals surface area contributed by atoms with Crippen LogP contribution in [0.5, 0.6) is 0 Å². The molecule has 0 atom stereocenters. The van der Waals surface area contributed by atoms with E-state index in [1.54, 1.807) is 29.2 Å². The van der Waals surface area contributed by atoms with Crippen molar-refractivity contribution >= 4 is 17.5 Å². The number of rotatable bonds is 5. The van der Waals surface area contributed by atoms with Gasteiger partial charge in [-0.3, -0.25) is 9.59 Å². The van der Waals surface area contributed by atoms with Gasteiger partial charge in [0.25, 0.3) is 11.8 Å². The molecule has 1 aliphatic heterocycles. The van der Waals surface area contributed by atoms with E-state index in [-0.39, 0.29) is 11.8 Å². The van der Waals surface area contributed by atoms with Crippen molar-refractivity contribution in [2.45, 2.75) is 39.7 Å². The molecule has 7 heteroatoms. The maximum Gasteiger partial charge on any atom is 0.289 e. The maximum atomic E-state index is 12.8. The van der Waals surface area contributed by atoms with Gasteiger partial charge in [-0.1, -0.05) is 0 Å². The quantitative estimate of drug-likeness (QED) is 0.882. The van der Waals surface area contributed by atoms with Crippen LogP contribution >= 0.6 is 0 Å². The first kappa shape index (κ1) is 18.6. The Bertz CT molecular complexity index is 888.